The number of nitrogens with one attached hydrogen (secondary N) is 1. The summed E-state index contributed by atoms with van der Waals surface area (Å²) in [6.07, 6.45) is 4.86. The molecule has 0 aliphatic carbocycles. The molecule has 96 valence electrons. The maximum atomic E-state index is 5.80. The fourth-order valence-corrected chi connectivity index (χ4v) is 2.08. The third kappa shape index (κ3) is 3.82. The molecule has 1 saturated heterocycles. The van der Waals surface area contributed by atoms with Crippen molar-refractivity contribution in [3.05, 3.63) is 17.8 Å². The van der Waals surface area contributed by atoms with E-state index in [-0.39, 0.29) is 0 Å². The molecule has 0 saturated carbocycles. The van der Waals surface area contributed by atoms with Crippen molar-refractivity contribution in [3.8, 4) is 0 Å². The number of rotatable bonds is 5. The molecule has 0 spiro atoms. The van der Waals surface area contributed by atoms with Crippen LogP contribution >= 0.6 is 0 Å². The minimum atomic E-state index is 0.503. The summed E-state index contributed by atoms with van der Waals surface area (Å²) in [5.41, 5.74) is 0. The Balaban J connectivity index is 1.82. The van der Waals surface area contributed by atoms with Crippen LogP contribution < -0.4 is 5.32 Å². The van der Waals surface area contributed by atoms with Gasteiger partial charge in [-0.3, -0.25) is 0 Å². The summed E-state index contributed by atoms with van der Waals surface area (Å²) in [6.45, 7) is 6.89. The lowest BCUT2D eigenvalue weighted by molar-refractivity contribution is 0.0804. The topological polar surface area (TPSA) is 47.3 Å². The molecule has 1 aromatic rings. The maximum absolute atomic E-state index is 5.80. The van der Waals surface area contributed by atoms with Crippen LogP contribution in [-0.2, 0) is 11.2 Å². The lowest BCUT2D eigenvalue weighted by Gasteiger charge is -2.19. The molecule has 0 unspecified atom stereocenters. The summed E-state index contributed by atoms with van der Waals surface area (Å²) in [7, 11) is 0. The fraction of sp³-hybridized carbons (Fsp3) is 0.769. The zero-order valence-electron chi connectivity index (χ0n) is 10.7. The third-order valence-corrected chi connectivity index (χ3v) is 3.09. The van der Waals surface area contributed by atoms with Crippen LogP contribution in [0.3, 0.4) is 0 Å². The van der Waals surface area contributed by atoms with Crippen LogP contribution in [0.4, 0.5) is 0 Å². The molecule has 2 rings (SSSR count). The monoisotopic (exact) mass is 238 g/mol. The molecular weight excluding hydrogens is 216 g/mol. The number of nitrogens with zero attached hydrogens (tertiary/aromatic N) is 1. The Kier molecular flexibility index (Phi) is 4.57. The summed E-state index contributed by atoms with van der Waals surface area (Å²) >= 11 is 0. The van der Waals surface area contributed by atoms with Gasteiger partial charge in [-0.1, -0.05) is 13.8 Å². The van der Waals surface area contributed by atoms with E-state index in [9.17, 15) is 0 Å². The van der Waals surface area contributed by atoms with Gasteiger partial charge in [0, 0.05) is 38.1 Å². The average molecular weight is 238 g/mol. The van der Waals surface area contributed by atoms with Gasteiger partial charge in [-0.2, -0.15) is 0 Å². The Labute approximate surface area is 103 Å². The molecule has 0 radical (unpaired) electrons. The molecule has 1 aliphatic heterocycles. The second kappa shape index (κ2) is 6.17. The number of oxazole rings is 1. The van der Waals surface area contributed by atoms with Crippen LogP contribution in [0.5, 0.6) is 0 Å². The third-order valence-electron chi connectivity index (χ3n) is 3.09. The van der Waals surface area contributed by atoms with E-state index in [1.54, 1.807) is 0 Å². The standard InChI is InChI=1S/C13H22N2O2/c1-10(2)14-6-3-13-15-9-12(17-13)11-4-7-16-8-5-11/h9-11,14H,3-8H2,1-2H3. The number of ether oxygens (including phenoxy) is 1. The first-order valence-electron chi connectivity index (χ1n) is 6.51. The highest BCUT2D eigenvalue weighted by Crippen LogP contribution is 2.27. The molecular formula is C13H22N2O2. The van der Waals surface area contributed by atoms with E-state index >= 15 is 0 Å². The van der Waals surface area contributed by atoms with E-state index < -0.39 is 0 Å². The van der Waals surface area contributed by atoms with Gasteiger partial charge in [0.1, 0.15) is 5.76 Å². The van der Waals surface area contributed by atoms with Crippen molar-refractivity contribution in [2.75, 3.05) is 19.8 Å². The van der Waals surface area contributed by atoms with Gasteiger partial charge < -0.3 is 14.5 Å². The molecule has 0 atom stereocenters. The molecule has 4 nitrogen and oxygen atoms in total. The van der Waals surface area contributed by atoms with Crippen LogP contribution in [0, 0.1) is 0 Å². The van der Waals surface area contributed by atoms with Gasteiger partial charge in [0.2, 0.25) is 0 Å². The molecule has 1 fully saturated rings. The minimum Gasteiger partial charge on any atom is -0.445 e. The van der Waals surface area contributed by atoms with E-state index in [0.717, 1.165) is 50.7 Å². The Hall–Kier alpha value is -0.870. The first-order valence-corrected chi connectivity index (χ1v) is 6.51. The van der Waals surface area contributed by atoms with Gasteiger partial charge in [0.15, 0.2) is 5.89 Å². The summed E-state index contributed by atoms with van der Waals surface area (Å²) < 4.78 is 11.1. The van der Waals surface area contributed by atoms with Crippen LogP contribution in [0.25, 0.3) is 0 Å². The summed E-state index contributed by atoms with van der Waals surface area (Å²) in [4.78, 5) is 4.34. The number of hydrogen-bond acceptors (Lipinski definition) is 4. The van der Waals surface area contributed by atoms with Gasteiger partial charge in [-0.25, -0.2) is 4.98 Å². The van der Waals surface area contributed by atoms with Crippen molar-refractivity contribution >= 4 is 0 Å². The number of hydrogen-bond donors (Lipinski definition) is 1. The summed E-state index contributed by atoms with van der Waals surface area (Å²) in [5.74, 6) is 2.38. The Morgan fingerprint density at radius 2 is 2.18 bits per heavy atom. The van der Waals surface area contributed by atoms with Crippen LogP contribution in [0.1, 0.15) is 44.3 Å². The Morgan fingerprint density at radius 1 is 1.41 bits per heavy atom. The zero-order chi connectivity index (χ0) is 12.1. The fourth-order valence-electron chi connectivity index (χ4n) is 2.08. The first-order chi connectivity index (χ1) is 8.25. The average Bonchev–Trinajstić information content (AvgIpc) is 2.78. The molecule has 1 aromatic heterocycles. The van der Waals surface area contributed by atoms with Crippen molar-refractivity contribution in [1.29, 1.82) is 0 Å². The number of aromatic nitrogens is 1. The Bertz CT molecular complexity index is 330. The van der Waals surface area contributed by atoms with Crippen LogP contribution in [-0.4, -0.2) is 30.8 Å². The largest absolute Gasteiger partial charge is 0.445 e. The highest BCUT2D eigenvalue weighted by Gasteiger charge is 2.19. The summed E-state index contributed by atoms with van der Waals surface area (Å²) in [5, 5.41) is 3.36. The smallest absolute Gasteiger partial charge is 0.195 e. The van der Waals surface area contributed by atoms with E-state index in [2.05, 4.69) is 24.1 Å². The van der Waals surface area contributed by atoms with Gasteiger partial charge in [0.25, 0.3) is 0 Å². The van der Waals surface area contributed by atoms with Crippen molar-refractivity contribution in [1.82, 2.24) is 10.3 Å². The van der Waals surface area contributed by atoms with E-state index in [1.807, 2.05) is 6.20 Å². The molecule has 0 bridgehead atoms. The van der Waals surface area contributed by atoms with Crippen molar-refractivity contribution in [3.63, 3.8) is 0 Å². The summed E-state index contributed by atoms with van der Waals surface area (Å²) in [6, 6.07) is 0.514. The lowest BCUT2D eigenvalue weighted by atomic mass is 9.98. The Morgan fingerprint density at radius 3 is 2.88 bits per heavy atom. The van der Waals surface area contributed by atoms with Gasteiger partial charge >= 0.3 is 0 Å². The van der Waals surface area contributed by atoms with E-state index in [4.69, 9.17) is 9.15 Å². The second-order valence-electron chi connectivity index (χ2n) is 4.90. The minimum absolute atomic E-state index is 0.503. The van der Waals surface area contributed by atoms with E-state index in [0.29, 0.717) is 12.0 Å². The normalized spacial score (nSPS) is 17.8. The molecule has 0 aromatic carbocycles. The molecule has 1 N–H and O–H groups in total. The highest BCUT2D eigenvalue weighted by atomic mass is 16.5. The van der Waals surface area contributed by atoms with Crippen molar-refractivity contribution in [2.45, 2.75) is 45.1 Å². The van der Waals surface area contributed by atoms with Gasteiger partial charge in [0.05, 0.1) is 6.20 Å². The predicted octanol–water partition coefficient (Wildman–Crippen LogP) is 2.11. The predicted molar refractivity (Wildman–Crippen MR) is 66.1 cm³/mol. The molecule has 17 heavy (non-hydrogen) atoms. The molecule has 0 amide bonds. The van der Waals surface area contributed by atoms with Crippen LogP contribution in [0.2, 0.25) is 0 Å². The molecule has 4 heteroatoms. The maximum Gasteiger partial charge on any atom is 0.195 e. The SMILES string of the molecule is CC(C)NCCc1ncc(C2CCOCC2)o1. The van der Waals surface area contributed by atoms with Crippen molar-refractivity contribution < 1.29 is 9.15 Å². The first kappa shape index (κ1) is 12.6. The molecule has 1 aliphatic rings. The van der Waals surface area contributed by atoms with Crippen LogP contribution in [0.15, 0.2) is 10.6 Å². The lowest BCUT2D eigenvalue weighted by Crippen LogP contribution is -2.25. The van der Waals surface area contributed by atoms with Gasteiger partial charge in [-0.05, 0) is 12.8 Å². The quantitative estimate of drug-likeness (QED) is 0.853. The van der Waals surface area contributed by atoms with Crippen molar-refractivity contribution in [2.24, 2.45) is 0 Å². The highest BCUT2D eigenvalue weighted by molar-refractivity contribution is 5.03. The van der Waals surface area contributed by atoms with E-state index in [1.165, 1.54) is 0 Å². The second-order valence-corrected chi connectivity index (χ2v) is 4.90. The zero-order valence-corrected chi connectivity index (χ0v) is 10.7. The molecule has 2 heterocycles. The van der Waals surface area contributed by atoms with Gasteiger partial charge in [-0.15, -0.1) is 0 Å².